The van der Waals surface area contributed by atoms with Gasteiger partial charge in [0, 0.05) is 0 Å². The Morgan fingerprint density at radius 3 is 1.88 bits per heavy atom. The Morgan fingerprint density at radius 1 is 1.06 bits per heavy atom. The standard InChI is InChI=1S/C12H25N3O2/c1-7(2)5-9(13)12(17)15-10(11(14)16)6-8(3)4/h7-10H,5-6,13H2,1-4H3,(H2,14,16)(H,15,17)/t9-,10-/m0/s1. The minimum absolute atomic E-state index is 0.286. The van der Waals surface area contributed by atoms with Crippen LogP contribution in [0.4, 0.5) is 0 Å². The van der Waals surface area contributed by atoms with Gasteiger partial charge in [0.1, 0.15) is 6.04 Å². The number of amides is 2. The van der Waals surface area contributed by atoms with Gasteiger partial charge < -0.3 is 16.8 Å². The van der Waals surface area contributed by atoms with E-state index in [0.29, 0.717) is 18.8 Å². The number of nitrogens with one attached hydrogen (secondary N) is 1. The van der Waals surface area contributed by atoms with Crippen LogP contribution in [0.5, 0.6) is 0 Å². The smallest absolute Gasteiger partial charge is 0.240 e. The third-order valence-electron chi connectivity index (χ3n) is 2.43. The van der Waals surface area contributed by atoms with Crippen molar-refractivity contribution in [2.45, 2.75) is 52.6 Å². The van der Waals surface area contributed by atoms with E-state index in [-0.39, 0.29) is 11.8 Å². The quantitative estimate of drug-likeness (QED) is 0.602. The van der Waals surface area contributed by atoms with E-state index in [1.165, 1.54) is 0 Å². The number of carbonyl (C=O) groups is 2. The number of rotatable bonds is 7. The molecule has 5 heteroatoms. The van der Waals surface area contributed by atoms with E-state index < -0.39 is 18.0 Å². The third kappa shape index (κ3) is 6.94. The van der Waals surface area contributed by atoms with Crippen molar-refractivity contribution in [1.29, 1.82) is 0 Å². The molecule has 0 spiro atoms. The fourth-order valence-corrected chi connectivity index (χ4v) is 1.61. The van der Waals surface area contributed by atoms with Crippen molar-refractivity contribution in [3.63, 3.8) is 0 Å². The molecule has 100 valence electrons. The van der Waals surface area contributed by atoms with E-state index in [1.54, 1.807) is 0 Å². The van der Waals surface area contributed by atoms with Gasteiger partial charge in [0.2, 0.25) is 11.8 Å². The van der Waals surface area contributed by atoms with Crippen LogP contribution in [0.15, 0.2) is 0 Å². The molecule has 0 aromatic carbocycles. The van der Waals surface area contributed by atoms with Crippen LogP contribution in [-0.4, -0.2) is 23.9 Å². The van der Waals surface area contributed by atoms with Gasteiger partial charge in [-0.2, -0.15) is 0 Å². The number of nitrogens with two attached hydrogens (primary N) is 2. The SMILES string of the molecule is CC(C)C[C@H](NC(=O)[C@@H](N)CC(C)C)C(N)=O. The van der Waals surface area contributed by atoms with Crippen LogP contribution in [-0.2, 0) is 9.59 Å². The van der Waals surface area contributed by atoms with Crippen LogP contribution in [0.1, 0.15) is 40.5 Å². The summed E-state index contributed by atoms with van der Waals surface area (Å²) in [5.74, 6) is -0.186. The zero-order chi connectivity index (χ0) is 13.6. The van der Waals surface area contributed by atoms with Gasteiger partial charge >= 0.3 is 0 Å². The number of primary amides is 1. The Labute approximate surface area is 103 Å². The van der Waals surface area contributed by atoms with Crippen LogP contribution < -0.4 is 16.8 Å². The zero-order valence-electron chi connectivity index (χ0n) is 11.2. The molecule has 0 aliphatic rings. The van der Waals surface area contributed by atoms with Gasteiger partial charge in [-0.15, -0.1) is 0 Å². The number of hydrogen-bond donors (Lipinski definition) is 3. The Bertz CT molecular complexity index is 264. The Kier molecular flexibility index (Phi) is 6.80. The third-order valence-corrected chi connectivity index (χ3v) is 2.43. The summed E-state index contributed by atoms with van der Waals surface area (Å²) >= 11 is 0. The highest BCUT2D eigenvalue weighted by Crippen LogP contribution is 2.06. The highest BCUT2D eigenvalue weighted by atomic mass is 16.2. The van der Waals surface area contributed by atoms with Crippen molar-refractivity contribution < 1.29 is 9.59 Å². The normalized spacial score (nSPS) is 14.8. The van der Waals surface area contributed by atoms with Gasteiger partial charge in [-0.25, -0.2) is 0 Å². The van der Waals surface area contributed by atoms with Gasteiger partial charge in [0.25, 0.3) is 0 Å². The van der Waals surface area contributed by atoms with Gasteiger partial charge in [0.05, 0.1) is 6.04 Å². The Morgan fingerprint density at radius 2 is 1.53 bits per heavy atom. The Balaban J connectivity index is 4.35. The van der Waals surface area contributed by atoms with Crippen molar-refractivity contribution in [1.82, 2.24) is 5.32 Å². The molecule has 0 radical (unpaired) electrons. The fraction of sp³-hybridized carbons (Fsp3) is 0.833. The van der Waals surface area contributed by atoms with E-state index >= 15 is 0 Å². The van der Waals surface area contributed by atoms with Gasteiger partial charge in [-0.05, 0) is 24.7 Å². The van der Waals surface area contributed by atoms with Crippen LogP contribution in [0.25, 0.3) is 0 Å². The maximum absolute atomic E-state index is 11.7. The van der Waals surface area contributed by atoms with Crippen molar-refractivity contribution >= 4 is 11.8 Å². The highest BCUT2D eigenvalue weighted by molar-refractivity contribution is 5.88. The predicted octanol–water partition coefficient (Wildman–Crippen LogP) is 0.376. The molecular weight excluding hydrogens is 218 g/mol. The van der Waals surface area contributed by atoms with E-state index in [2.05, 4.69) is 5.32 Å². The van der Waals surface area contributed by atoms with Gasteiger partial charge in [0.15, 0.2) is 0 Å². The average Bonchev–Trinajstić information content (AvgIpc) is 2.14. The lowest BCUT2D eigenvalue weighted by Gasteiger charge is -2.20. The lowest BCUT2D eigenvalue weighted by molar-refractivity contribution is -0.128. The summed E-state index contributed by atoms with van der Waals surface area (Å²) in [5.41, 5.74) is 11.0. The van der Waals surface area contributed by atoms with E-state index in [1.807, 2.05) is 27.7 Å². The molecule has 0 aliphatic carbocycles. The van der Waals surface area contributed by atoms with Crippen molar-refractivity contribution in [2.75, 3.05) is 0 Å². The molecule has 2 atom stereocenters. The molecule has 0 aromatic heterocycles. The van der Waals surface area contributed by atoms with E-state index in [9.17, 15) is 9.59 Å². The fourth-order valence-electron chi connectivity index (χ4n) is 1.61. The first kappa shape index (κ1) is 15.9. The highest BCUT2D eigenvalue weighted by Gasteiger charge is 2.22. The molecule has 0 unspecified atom stereocenters. The van der Waals surface area contributed by atoms with Crippen molar-refractivity contribution in [3.8, 4) is 0 Å². The largest absolute Gasteiger partial charge is 0.368 e. The lowest BCUT2D eigenvalue weighted by Crippen LogP contribution is -2.51. The summed E-state index contributed by atoms with van der Waals surface area (Å²) in [6, 6.07) is -1.20. The Hall–Kier alpha value is -1.10. The molecular formula is C12H25N3O2. The molecule has 5 nitrogen and oxygen atoms in total. The number of hydrogen-bond acceptors (Lipinski definition) is 3. The van der Waals surface area contributed by atoms with Gasteiger partial charge in [-0.1, -0.05) is 27.7 Å². The first-order valence-electron chi connectivity index (χ1n) is 6.09. The molecule has 0 fully saturated rings. The maximum Gasteiger partial charge on any atom is 0.240 e. The second-order valence-corrected chi connectivity index (χ2v) is 5.33. The molecule has 0 aliphatic heterocycles. The van der Waals surface area contributed by atoms with Crippen LogP contribution in [0.2, 0.25) is 0 Å². The number of carbonyl (C=O) groups excluding carboxylic acids is 2. The average molecular weight is 243 g/mol. The van der Waals surface area contributed by atoms with Crippen LogP contribution in [0, 0.1) is 11.8 Å². The molecule has 0 saturated carbocycles. The molecule has 5 N–H and O–H groups in total. The summed E-state index contributed by atoms with van der Waals surface area (Å²) < 4.78 is 0. The summed E-state index contributed by atoms with van der Waals surface area (Å²) in [6.45, 7) is 7.92. The monoisotopic (exact) mass is 243 g/mol. The summed E-state index contributed by atoms with van der Waals surface area (Å²) in [4.78, 5) is 22.9. The molecule has 0 heterocycles. The molecule has 0 saturated heterocycles. The second-order valence-electron chi connectivity index (χ2n) is 5.33. The molecule has 2 amide bonds. The first-order valence-corrected chi connectivity index (χ1v) is 6.09. The predicted molar refractivity (Wildman–Crippen MR) is 68.0 cm³/mol. The topological polar surface area (TPSA) is 98.2 Å². The molecule has 17 heavy (non-hydrogen) atoms. The second kappa shape index (κ2) is 7.27. The zero-order valence-corrected chi connectivity index (χ0v) is 11.2. The minimum Gasteiger partial charge on any atom is -0.368 e. The van der Waals surface area contributed by atoms with Gasteiger partial charge in [-0.3, -0.25) is 9.59 Å². The molecule has 0 bridgehead atoms. The van der Waals surface area contributed by atoms with E-state index in [0.717, 1.165) is 0 Å². The maximum atomic E-state index is 11.7. The minimum atomic E-state index is -0.624. The summed E-state index contributed by atoms with van der Waals surface area (Å²) in [5, 5.41) is 2.61. The molecule has 0 rings (SSSR count). The van der Waals surface area contributed by atoms with E-state index in [4.69, 9.17) is 11.5 Å². The van der Waals surface area contributed by atoms with Crippen molar-refractivity contribution in [2.24, 2.45) is 23.3 Å². The van der Waals surface area contributed by atoms with Crippen LogP contribution >= 0.6 is 0 Å². The molecule has 0 aromatic rings. The first-order chi connectivity index (χ1) is 7.73. The van der Waals surface area contributed by atoms with Crippen LogP contribution in [0.3, 0.4) is 0 Å². The van der Waals surface area contributed by atoms with Crippen molar-refractivity contribution in [3.05, 3.63) is 0 Å². The summed E-state index contributed by atoms with van der Waals surface area (Å²) in [7, 11) is 0. The lowest BCUT2D eigenvalue weighted by atomic mass is 10.0. The summed E-state index contributed by atoms with van der Waals surface area (Å²) in [6.07, 6.45) is 1.13.